The first kappa shape index (κ1) is 22.3. The van der Waals surface area contributed by atoms with Crippen molar-refractivity contribution in [2.75, 3.05) is 11.4 Å². The number of amides is 2. The lowest BCUT2D eigenvalue weighted by Gasteiger charge is -2.15. The van der Waals surface area contributed by atoms with Crippen LogP contribution in [0.1, 0.15) is 77.6 Å². The molecule has 2 amide bonds. The van der Waals surface area contributed by atoms with E-state index in [2.05, 4.69) is 34.8 Å². The molecule has 0 unspecified atom stereocenters. The Morgan fingerprint density at radius 3 is 2.07 bits per heavy atom. The van der Waals surface area contributed by atoms with E-state index in [1.54, 1.807) is 0 Å². The Kier molecular flexibility index (Phi) is 10.3. The van der Waals surface area contributed by atoms with E-state index in [0.29, 0.717) is 5.69 Å². The molecule has 1 atom stereocenters. The van der Waals surface area contributed by atoms with Gasteiger partial charge in [0.25, 0.3) is 5.91 Å². The molecule has 4 nitrogen and oxygen atoms in total. The van der Waals surface area contributed by atoms with Gasteiger partial charge >= 0.3 is 0 Å². The molecular weight excluding hydrogens is 451 g/mol. The standard InChI is InChI=1S/C22H33IN2O2/c1-2-3-4-5-6-7-8-9-10-11-16-24-20-17-21(26)25(22(20)27)19-14-12-18(23)13-15-19/h12-15,20,24H,2-11,16-17H2,1H3/t20-/m0/s1. The zero-order valence-electron chi connectivity index (χ0n) is 16.5. The van der Waals surface area contributed by atoms with Gasteiger partial charge in [0, 0.05) is 3.57 Å². The van der Waals surface area contributed by atoms with E-state index >= 15 is 0 Å². The van der Waals surface area contributed by atoms with E-state index in [9.17, 15) is 9.59 Å². The second kappa shape index (κ2) is 12.5. The van der Waals surface area contributed by atoms with Crippen molar-refractivity contribution >= 4 is 40.1 Å². The van der Waals surface area contributed by atoms with Crippen LogP contribution in [0.15, 0.2) is 24.3 Å². The summed E-state index contributed by atoms with van der Waals surface area (Å²) in [6.07, 6.45) is 13.3. The van der Waals surface area contributed by atoms with Crippen molar-refractivity contribution in [3.05, 3.63) is 27.8 Å². The molecule has 5 heteroatoms. The summed E-state index contributed by atoms with van der Waals surface area (Å²) in [6, 6.07) is 7.14. The molecule has 0 bridgehead atoms. The number of carbonyl (C=O) groups excluding carboxylic acids is 2. The van der Waals surface area contributed by atoms with Gasteiger partial charge in [0.05, 0.1) is 18.2 Å². The van der Waals surface area contributed by atoms with Gasteiger partial charge in [-0.1, -0.05) is 64.7 Å². The number of nitrogens with one attached hydrogen (secondary N) is 1. The van der Waals surface area contributed by atoms with Gasteiger partial charge < -0.3 is 5.32 Å². The molecule has 0 saturated carbocycles. The number of benzene rings is 1. The van der Waals surface area contributed by atoms with Crippen LogP contribution in [0.3, 0.4) is 0 Å². The number of hydrogen-bond donors (Lipinski definition) is 1. The zero-order chi connectivity index (χ0) is 19.5. The lowest BCUT2D eigenvalue weighted by atomic mass is 10.1. The fraction of sp³-hybridized carbons (Fsp3) is 0.636. The minimum absolute atomic E-state index is 0.109. The van der Waals surface area contributed by atoms with Crippen molar-refractivity contribution in [1.29, 1.82) is 0 Å². The Balaban J connectivity index is 1.58. The predicted octanol–water partition coefficient (Wildman–Crippen LogP) is 5.43. The van der Waals surface area contributed by atoms with Crippen LogP contribution in [-0.4, -0.2) is 24.4 Å². The topological polar surface area (TPSA) is 49.4 Å². The van der Waals surface area contributed by atoms with Crippen molar-refractivity contribution in [3.63, 3.8) is 0 Å². The zero-order valence-corrected chi connectivity index (χ0v) is 18.7. The highest BCUT2D eigenvalue weighted by molar-refractivity contribution is 14.1. The maximum Gasteiger partial charge on any atom is 0.251 e. The highest BCUT2D eigenvalue weighted by atomic mass is 127. The molecule has 0 aromatic heterocycles. The third-order valence-electron chi connectivity index (χ3n) is 5.15. The smallest absolute Gasteiger partial charge is 0.251 e. The summed E-state index contributed by atoms with van der Waals surface area (Å²) in [5, 5.41) is 3.28. The van der Waals surface area contributed by atoms with E-state index in [1.807, 2.05) is 24.3 Å². The lowest BCUT2D eigenvalue weighted by Crippen LogP contribution is -2.39. The summed E-state index contributed by atoms with van der Waals surface area (Å²) in [4.78, 5) is 26.1. The number of hydrogen-bond acceptors (Lipinski definition) is 3. The van der Waals surface area contributed by atoms with Crippen molar-refractivity contribution in [2.45, 2.75) is 83.6 Å². The normalized spacial score (nSPS) is 17.1. The summed E-state index contributed by atoms with van der Waals surface area (Å²) in [7, 11) is 0. The molecule has 1 heterocycles. The molecule has 1 aliphatic heterocycles. The summed E-state index contributed by atoms with van der Waals surface area (Å²) in [6.45, 7) is 3.06. The van der Waals surface area contributed by atoms with Gasteiger partial charge in [0.15, 0.2) is 0 Å². The molecule has 1 fully saturated rings. The van der Waals surface area contributed by atoms with Crippen LogP contribution in [-0.2, 0) is 9.59 Å². The number of unbranched alkanes of at least 4 members (excludes halogenated alkanes) is 9. The fourth-order valence-corrected chi connectivity index (χ4v) is 3.90. The van der Waals surface area contributed by atoms with Crippen LogP contribution in [0.4, 0.5) is 5.69 Å². The maximum absolute atomic E-state index is 12.6. The summed E-state index contributed by atoms with van der Waals surface area (Å²) in [5.41, 5.74) is 0.675. The minimum Gasteiger partial charge on any atom is -0.305 e. The minimum atomic E-state index is -0.365. The highest BCUT2D eigenvalue weighted by Crippen LogP contribution is 2.23. The molecule has 0 radical (unpaired) electrons. The molecule has 1 aromatic carbocycles. The SMILES string of the molecule is CCCCCCCCCCCCN[C@H]1CC(=O)N(c2ccc(I)cc2)C1=O. The van der Waals surface area contributed by atoms with Crippen LogP contribution < -0.4 is 10.2 Å². The van der Waals surface area contributed by atoms with Gasteiger partial charge in [-0.05, 0) is 59.8 Å². The highest BCUT2D eigenvalue weighted by Gasteiger charge is 2.38. The number of anilines is 1. The quantitative estimate of drug-likeness (QED) is 0.231. The molecule has 27 heavy (non-hydrogen) atoms. The Morgan fingerprint density at radius 1 is 0.926 bits per heavy atom. The van der Waals surface area contributed by atoms with Gasteiger partial charge in [0.1, 0.15) is 0 Å². The van der Waals surface area contributed by atoms with E-state index in [-0.39, 0.29) is 24.3 Å². The first-order chi connectivity index (χ1) is 13.1. The van der Waals surface area contributed by atoms with E-state index < -0.39 is 0 Å². The second-order valence-corrected chi connectivity index (χ2v) is 8.68. The molecule has 0 aliphatic carbocycles. The van der Waals surface area contributed by atoms with Crippen LogP contribution in [0.5, 0.6) is 0 Å². The number of rotatable bonds is 13. The third kappa shape index (κ3) is 7.53. The largest absolute Gasteiger partial charge is 0.305 e. The summed E-state index contributed by atoms with van der Waals surface area (Å²) in [5.74, 6) is -0.227. The van der Waals surface area contributed by atoms with Crippen LogP contribution in [0.2, 0.25) is 0 Å². The number of carbonyl (C=O) groups is 2. The Labute approximate surface area is 177 Å². The molecule has 150 valence electrons. The van der Waals surface area contributed by atoms with Crippen molar-refractivity contribution < 1.29 is 9.59 Å². The number of halogens is 1. The Hall–Kier alpha value is -0.950. The molecule has 1 saturated heterocycles. The fourth-order valence-electron chi connectivity index (χ4n) is 3.54. The Bertz CT molecular complexity index is 588. The number of imide groups is 1. The van der Waals surface area contributed by atoms with Crippen molar-refractivity contribution in [3.8, 4) is 0 Å². The van der Waals surface area contributed by atoms with Crippen LogP contribution in [0, 0.1) is 3.57 Å². The van der Waals surface area contributed by atoms with Crippen LogP contribution in [0.25, 0.3) is 0 Å². The average molecular weight is 484 g/mol. The van der Waals surface area contributed by atoms with Gasteiger partial charge in [0.2, 0.25) is 5.91 Å². The van der Waals surface area contributed by atoms with Gasteiger partial charge in [-0.2, -0.15) is 0 Å². The summed E-state index contributed by atoms with van der Waals surface area (Å²) >= 11 is 2.21. The molecule has 0 spiro atoms. The van der Waals surface area contributed by atoms with Crippen molar-refractivity contribution in [2.24, 2.45) is 0 Å². The van der Waals surface area contributed by atoms with Crippen LogP contribution >= 0.6 is 22.6 Å². The van der Waals surface area contributed by atoms with Gasteiger partial charge in [-0.15, -0.1) is 0 Å². The van der Waals surface area contributed by atoms with E-state index in [4.69, 9.17) is 0 Å². The monoisotopic (exact) mass is 484 g/mol. The molecular formula is C22H33IN2O2. The summed E-state index contributed by atoms with van der Waals surface area (Å²) < 4.78 is 1.09. The number of nitrogens with zero attached hydrogens (tertiary/aromatic N) is 1. The Morgan fingerprint density at radius 2 is 1.48 bits per heavy atom. The molecule has 2 rings (SSSR count). The van der Waals surface area contributed by atoms with Gasteiger partial charge in [-0.25, -0.2) is 4.90 Å². The lowest BCUT2D eigenvalue weighted by molar-refractivity contribution is -0.121. The van der Waals surface area contributed by atoms with Gasteiger partial charge in [-0.3, -0.25) is 9.59 Å². The molecule has 1 N–H and O–H groups in total. The average Bonchev–Trinajstić information content (AvgIpc) is 2.94. The predicted molar refractivity (Wildman–Crippen MR) is 120 cm³/mol. The first-order valence-electron chi connectivity index (χ1n) is 10.5. The second-order valence-electron chi connectivity index (χ2n) is 7.44. The van der Waals surface area contributed by atoms with E-state index in [1.165, 1.54) is 62.7 Å². The molecule has 1 aliphatic rings. The molecule has 1 aromatic rings. The van der Waals surface area contributed by atoms with Crippen molar-refractivity contribution in [1.82, 2.24) is 5.32 Å². The van der Waals surface area contributed by atoms with E-state index in [0.717, 1.165) is 16.5 Å². The third-order valence-corrected chi connectivity index (χ3v) is 5.87. The maximum atomic E-state index is 12.6. The first-order valence-corrected chi connectivity index (χ1v) is 11.6.